The molecule has 1 aromatic rings. The number of piperidine rings is 1. The Morgan fingerprint density at radius 1 is 1.22 bits per heavy atom. The van der Waals surface area contributed by atoms with E-state index < -0.39 is 0 Å². The van der Waals surface area contributed by atoms with Gasteiger partial charge in [-0.3, -0.25) is 9.59 Å². The molecule has 1 aromatic carbocycles. The van der Waals surface area contributed by atoms with E-state index in [1.807, 2.05) is 17.9 Å². The van der Waals surface area contributed by atoms with Crippen LogP contribution < -0.4 is 10.2 Å². The molecule has 1 aliphatic carbocycles. The SMILES string of the molecule is CCN(CC)c1ccc(NC(=O)C2CC2C(=O)N2CCCC(C)C2)c(C)c1. The molecule has 2 aliphatic rings. The van der Waals surface area contributed by atoms with Crippen LogP contribution in [-0.2, 0) is 9.59 Å². The topological polar surface area (TPSA) is 52.7 Å². The van der Waals surface area contributed by atoms with Crippen molar-refractivity contribution >= 4 is 23.2 Å². The van der Waals surface area contributed by atoms with Crippen LogP contribution in [0.15, 0.2) is 18.2 Å². The number of carbonyl (C=O) groups excluding carboxylic acids is 2. The Labute approximate surface area is 163 Å². The molecule has 0 aromatic heterocycles. The van der Waals surface area contributed by atoms with Crippen molar-refractivity contribution in [3.05, 3.63) is 23.8 Å². The fraction of sp³-hybridized carbons (Fsp3) is 0.636. The number of nitrogens with one attached hydrogen (secondary N) is 1. The monoisotopic (exact) mass is 371 g/mol. The molecule has 1 N–H and O–H groups in total. The van der Waals surface area contributed by atoms with Crippen molar-refractivity contribution in [2.75, 3.05) is 36.4 Å². The van der Waals surface area contributed by atoms with Crippen LogP contribution in [0.3, 0.4) is 0 Å². The normalized spacial score (nSPS) is 24.4. The van der Waals surface area contributed by atoms with E-state index in [1.54, 1.807) is 0 Å². The van der Waals surface area contributed by atoms with Gasteiger partial charge in [0.2, 0.25) is 11.8 Å². The second kappa shape index (κ2) is 8.32. The molecule has 2 amide bonds. The van der Waals surface area contributed by atoms with Crippen LogP contribution >= 0.6 is 0 Å². The smallest absolute Gasteiger partial charge is 0.228 e. The zero-order valence-corrected chi connectivity index (χ0v) is 17.1. The molecule has 0 bridgehead atoms. The third kappa shape index (κ3) is 4.45. The molecule has 1 heterocycles. The molecule has 1 aliphatic heterocycles. The first-order valence-corrected chi connectivity index (χ1v) is 10.4. The maximum atomic E-state index is 12.7. The van der Waals surface area contributed by atoms with E-state index in [1.165, 1.54) is 12.1 Å². The highest BCUT2D eigenvalue weighted by molar-refractivity contribution is 6.00. The fourth-order valence-electron chi connectivity index (χ4n) is 4.18. The average molecular weight is 372 g/mol. The highest BCUT2D eigenvalue weighted by Gasteiger charge is 2.49. The van der Waals surface area contributed by atoms with Crippen molar-refractivity contribution in [1.29, 1.82) is 0 Å². The van der Waals surface area contributed by atoms with E-state index in [0.29, 0.717) is 12.3 Å². The van der Waals surface area contributed by atoms with Gasteiger partial charge in [0.05, 0.1) is 11.8 Å². The Morgan fingerprint density at radius 2 is 1.96 bits per heavy atom. The quantitative estimate of drug-likeness (QED) is 0.830. The minimum absolute atomic E-state index is 0.0166. The zero-order valence-electron chi connectivity index (χ0n) is 17.1. The van der Waals surface area contributed by atoms with Gasteiger partial charge in [0.25, 0.3) is 0 Å². The van der Waals surface area contributed by atoms with E-state index in [4.69, 9.17) is 0 Å². The molecular formula is C22H33N3O2. The lowest BCUT2D eigenvalue weighted by atomic mass is 10.00. The molecule has 3 rings (SSSR count). The number of hydrogen-bond acceptors (Lipinski definition) is 3. The number of anilines is 2. The van der Waals surface area contributed by atoms with Gasteiger partial charge in [0.15, 0.2) is 0 Å². The van der Waals surface area contributed by atoms with Crippen molar-refractivity contribution < 1.29 is 9.59 Å². The summed E-state index contributed by atoms with van der Waals surface area (Å²) < 4.78 is 0. The molecule has 0 radical (unpaired) electrons. The van der Waals surface area contributed by atoms with Crippen molar-refractivity contribution in [3.63, 3.8) is 0 Å². The molecule has 1 saturated carbocycles. The maximum absolute atomic E-state index is 12.7. The number of benzene rings is 1. The number of hydrogen-bond donors (Lipinski definition) is 1. The molecule has 5 heteroatoms. The Bertz CT molecular complexity index is 699. The molecule has 5 nitrogen and oxygen atoms in total. The van der Waals surface area contributed by atoms with Gasteiger partial charge in [-0.1, -0.05) is 6.92 Å². The van der Waals surface area contributed by atoms with Gasteiger partial charge >= 0.3 is 0 Å². The molecule has 1 saturated heterocycles. The van der Waals surface area contributed by atoms with E-state index >= 15 is 0 Å². The summed E-state index contributed by atoms with van der Waals surface area (Å²) in [6.45, 7) is 12.1. The van der Waals surface area contributed by atoms with Crippen LogP contribution in [0.5, 0.6) is 0 Å². The van der Waals surface area contributed by atoms with Crippen LogP contribution in [-0.4, -0.2) is 42.9 Å². The number of aryl methyl sites for hydroxylation is 1. The first-order chi connectivity index (χ1) is 12.9. The summed E-state index contributed by atoms with van der Waals surface area (Å²) in [6, 6.07) is 6.15. The third-order valence-electron chi connectivity index (χ3n) is 6.01. The number of amides is 2. The fourth-order valence-corrected chi connectivity index (χ4v) is 4.18. The van der Waals surface area contributed by atoms with E-state index in [-0.39, 0.29) is 23.7 Å². The van der Waals surface area contributed by atoms with Crippen LogP contribution in [0, 0.1) is 24.7 Å². The van der Waals surface area contributed by atoms with Crippen LogP contribution in [0.2, 0.25) is 0 Å². The summed E-state index contributed by atoms with van der Waals surface area (Å²) in [5.74, 6) is 0.440. The Hall–Kier alpha value is -2.04. The zero-order chi connectivity index (χ0) is 19.6. The van der Waals surface area contributed by atoms with Gasteiger partial charge < -0.3 is 15.1 Å². The number of rotatable bonds is 6. The summed E-state index contributed by atoms with van der Waals surface area (Å²) in [5.41, 5.74) is 3.08. The van der Waals surface area contributed by atoms with E-state index in [9.17, 15) is 9.59 Å². The number of likely N-dealkylation sites (tertiary alicyclic amines) is 1. The Kier molecular flexibility index (Phi) is 6.08. The lowest BCUT2D eigenvalue weighted by Crippen LogP contribution is -2.40. The summed E-state index contributed by atoms with van der Waals surface area (Å²) in [7, 11) is 0. The third-order valence-corrected chi connectivity index (χ3v) is 6.01. The molecule has 148 valence electrons. The van der Waals surface area contributed by atoms with Crippen molar-refractivity contribution in [2.24, 2.45) is 17.8 Å². The van der Waals surface area contributed by atoms with Crippen LogP contribution in [0.1, 0.15) is 45.6 Å². The van der Waals surface area contributed by atoms with Crippen molar-refractivity contribution in [3.8, 4) is 0 Å². The summed E-state index contributed by atoms with van der Waals surface area (Å²) in [4.78, 5) is 29.5. The molecule has 0 spiro atoms. The van der Waals surface area contributed by atoms with E-state index in [2.05, 4.69) is 43.1 Å². The van der Waals surface area contributed by atoms with Gasteiger partial charge in [0.1, 0.15) is 0 Å². The van der Waals surface area contributed by atoms with Crippen LogP contribution in [0.25, 0.3) is 0 Å². The maximum Gasteiger partial charge on any atom is 0.228 e. The first-order valence-electron chi connectivity index (χ1n) is 10.4. The lowest BCUT2D eigenvalue weighted by Gasteiger charge is -2.31. The molecule has 3 atom stereocenters. The first kappa shape index (κ1) is 19.7. The highest BCUT2D eigenvalue weighted by Crippen LogP contribution is 2.41. The van der Waals surface area contributed by atoms with Gasteiger partial charge in [0, 0.05) is 37.6 Å². The Morgan fingerprint density at radius 3 is 2.59 bits per heavy atom. The number of carbonyl (C=O) groups is 2. The molecule has 27 heavy (non-hydrogen) atoms. The Balaban J connectivity index is 1.58. The van der Waals surface area contributed by atoms with Gasteiger partial charge in [-0.05, 0) is 69.7 Å². The molecule has 3 unspecified atom stereocenters. The highest BCUT2D eigenvalue weighted by atomic mass is 16.2. The average Bonchev–Trinajstić information content (AvgIpc) is 3.45. The predicted octanol–water partition coefficient (Wildman–Crippen LogP) is 3.67. The molecular weight excluding hydrogens is 338 g/mol. The van der Waals surface area contributed by atoms with E-state index in [0.717, 1.165) is 43.9 Å². The lowest BCUT2D eigenvalue weighted by molar-refractivity contribution is -0.135. The summed E-state index contributed by atoms with van der Waals surface area (Å²) in [5, 5.41) is 3.04. The summed E-state index contributed by atoms with van der Waals surface area (Å²) in [6.07, 6.45) is 2.96. The van der Waals surface area contributed by atoms with Crippen LogP contribution in [0.4, 0.5) is 11.4 Å². The van der Waals surface area contributed by atoms with Gasteiger partial charge in [-0.15, -0.1) is 0 Å². The van der Waals surface area contributed by atoms with Crippen molar-refractivity contribution in [2.45, 2.75) is 47.0 Å². The second-order valence-electron chi connectivity index (χ2n) is 8.14. The summed E-state index contributed by atoms with van der Waals surface area (Å²) >= 11 is 0. The second-order valence-corrected chi connectivity index (χ2v) is 8.14. The minimum atomic E-state index is -0.170. The van der Waals surface area contributed by atoms with Gasteiger partial charge in [-0.25, -0.2) is 0 Å². The molecule has 2 fully saturated rings. The minimum Gasteiger partial charge on any atom is -0.372 e. The standard InChI is InChI=1S/C22H33N3O2/c1-5-24(6-2)17-9-10-20(16(4)12-17)23-21(26)18-13-19(18)22(27)25-11-7-8-15(3)14-25/h9-10,12,15,18-19H,5-8,11,13-14H2,1-4H3,(H,23,26). The van der Waals surface area contributed by atoms with Gasteiger partial charge in [-0.2, -0.15) is 0 Å². The largest absolute Gasteiger partial charge is 0.372 e. The van der Waals surface area contributed by atoms with Crippen molar-refractivity contribution in [1.82, 2.24) is 4.90 Å². The predicted molar refractivity (Wildman–Crippen MR) is 110 cm³/mol. The number of nitrogens with zero attached hydrogens (tertiary/aromatic N) is 2.